The minimum absolute atomic E-state index is 0.0665. The summed E-state index contributed by atoms with van der Waals surface area (Å²) >= 11 is 0. The maximum atomic E-state index is 9.93. The Morgan fingerprint density at radius 1 is 1.27 bits per heavy atom. The first-order chi connectivity index (χ1) is 7.06. The number of rotatable bonds is 2. The summed E-state index contributed by atoms with van der Waals surface area (Å²) < 4.78 is 0. The fourth-order valence-electron chi connectivity index (χ4n) is 2.49. The summed E-state index contributed by atoms with van der Waals surface area (Å²) in [7, 11) is 0. The molecule has 15 heavy (non-hydrogen) atoms. The lowest BCUT2D eigenvalue weighted by Crippen LogP contribution is -2.24. The predicted molar refractivity (Wildman–Crippen MR) is 60.2 cm³/mol. The first kappa shape index (κ1) is 10.5. The normalized spacial score (nSPS) is 15.4. The highest BCUT2D eigenvalue weighted by molar-refractivity contribution is 5.50. The molecule has 2 rings (SSSR count). The molecule has 0 saturated carbocycles. The van der Waals surface area contributed by atoms with Crippen LogP contribution in [0.4, 0.5) is 0 Å². The molecular weight excluding hydrogens is 188 g/mol. The highest BCUT2D eigenvalue weighted by atomic mass is 16.3. The summed E-state index contributed by atoms with van der Waals surface area (Å²) in [4.78, 5) is 0. The first-order valence-electron chi connectivity index (χ1n) is 5.51. The van der Waals surface area contributed by atoms with Crippen LogP contribution in [-0.2, 0) is 18.3 Å². The van der Waals surface area contributed by atoms with Gasteiger partial charge in [0.2, 0.25) is 0 Å². The fourth-order valence-corrected chi connectivity index (χ4v) is 2.49. The van der Waals surface area contributed by atoms with E-state index in [1.54, 1.807) is 6.07 Å². The molecule has 0 saturated heterocycles. The molecule has 1 aromatic carbocycles. The van der Waals surface area contributed by atoms with Gasteiger partial charge in [0.25, 0.3) is 0 Å². The van der Waals surface area contributed by atoms with Crippen molar-refractivity contribution in [2.75, 3.05) is 6.61 Å². The minimum atomic E-state index is -0.347. The Labute approximate surface area is 90.6 Å². The van der Waals surface area contributed by atoms with Crippen molar-refractivity contribution in [1.82, 2.24) is 0 Å². The second kappa shape index (κ2) is 3.53. The molecule has 82 valence electrons. The van der Waals surface area contributed by atoms with Gasteiger partial charge >= 0.3 is 0 Å². The van der Waals surface area contributed by atoms with E-state index in [0.29, 0.717) is 5.75 Å². The number of aromatic hydroxyl groups is 1. The molecule has 0 unspecified atom stereocenters. The summed E-state index contributed by atoms with van der Waals surface area (Å²) in [6.07, 6.45) is 3.29. The van der Waals surface area contributed by atoms with Crippen LogP contribution in [0.5, 0.6) is 5.75 Å². The van der Waals surface area contributed by atoms with Crippen molar-refractivity contribution < 1.29 is 10.2 Å². The van der Waals surface area contributed by atoms with Crippen LogP contribution < -0.4 is 0 Å². The average Bonchev–Trinajstić information content (AvgIpc) is 2.64. The number of phenols is 1. The van der Waals surface area contributed by atoms with Crippen molar-refractivity contribution in [3.8, 4) is 5.75 Å². The topological polar surface area (TPSA) is 40.5 Å². The Balaban J connectivity index is 2.60. The van der Waals surface area contributed by atoms with Gasteiger partial charge < -0.3 is 10.2 Å². The van der Waals surface area contributed by atoms with Gasteiger partial charge in [-0.05, 0) is 36.5 Å². The second-order valence-electron chi connectivity index (χ2n) is 4.99. The van der Waals surface area contributed by atoms with E-state index in [1.807, 2.05) is 19.9 Å². The van der Waals surface area contributed by atoms with Crippen molar-refractivity contribution >= 4 is 0 Å². The maximum absolute atomic E-state index is 9.93. The number of fused-ring (bicyclic) bond motifs is 1. The number of aliphatic hydroxyl groups is 1. The van der Waals surface area contributed by atoms with Gasteiger partial charge in [-0.25, -0.2) is 0 Å². The van der Waals surface area contributed by atoms with E-state index >= 15 is 0 Å². The quantitative estimate of drug-likeness (QED) is 0.778. The Kier molecular flexibility index (Phi) is 2.47. The smallest absolute Gasteiger partial charge is 0.119 e. The van der Waals surface area contributed by atoms with Crippen molar-refractivity contribution in [3.63, 3.8) is 0 Å². The monoisotopic (exact) mass is 206 g/mol. The first-order valence-corrected chi connectivity index (χ1v) is 5.51. The predicted octanol–water partition coefficient (Wildman–Crippen LogP) is 2.15. The molecule has 0 bridgehead atoms. The van der Waals surface area contributed by atoms with E-state index in [4.69, 9.17) is 0 Å². The zero-order valence-corrected chi connectivity index (χ0v) is 9.38. The van der Waals surface area contributed by atoms with Crippen LogP contribution in [-0.4, -0.2) is 16.8 Å². The number of phenolic OH excluding ortho intramolecular Hbond substituents is 1. The summed E-state index contributed by atoms with van der Waals surface area (Å²) in [5, 5.41) is 19.3. The Morgan fingerprint density at radius 2 is 2.00 bits per heavy atom. The lowest BCUT2D eigenvalue weighted by atomic mass is 9.81. The highest BCUT2D eigenvalue weighted by Crippen LogP contribution is 2.38. The molecule has 0 heterocycles. The molecule has 1 aliphatic carbocycles. The van der Waals surface area contributed by atoms with Gasteiger partial charge in [-0.1, -0.05) is 19.9 Å². The van der Waals surface area contributed by atoms with Crippen LogP contribution in [0.1, 0.15) is 37.0 Å². The van der Waals surface area contributed by atoms with Gasteiger partial charge in [-0.3, -0.25) is 0 Å². The molecule has 0 amide bonds. The molecule has 0 atom stereocenters. The Bertz CT molecular complexity index is 380. The third kappa shape index (κ3) is 1.63. The van der Waals surface area contributed by atoms with Gasteiger partial charge in [0, 0.05) is 11.0 Å². The van der Waals surface area contributed by atoms with Crippen molar-refractivity contribution in [2.45, 2.75) is 38.5 Å². The van der Waals surface area contributed by atoms with E-state index in [1.165, 1.54) is 11.1 Å². The van der Waals surface area contributed by atoms with E-state index in [-0.39, 0.29) is 12.0 Å². The molecule has 0 aromatic heterocycles. The van der Waals surface area contributed by atoms with Crippen molar-refractivity contribution in [1.29, 1.82) is 0 Å². The summed E-state index contributed by atoms with van der Waals surface area (Å²) in [6, 6.07) is 3.77. The largest absolute Gasteiger partial charge is 0.508 e. The van der Waals surface area contributed by atoms with Gasteiger partial charge in [0.05, 0.1) is 6.61 Å². The molecular formula is C13H18O2. The lowest BCUT2D eigenvalue weighted by Gasteiger charge is -2.26. The van der Waals surface area contributed by atoms with E-state index < -0.39 is 0 Å². The third-order valence-corrected chi connectivity index (χ3v) is 3.33. The molecule has 1 aliphatic rings. The van der Waals surface area contributed by atoms with Crippen molar-refractivity contribution in [2.24, 2.45) is 0 Å². The van der Waals surface area contributed by atoms with Crippen molar-refractivity contribution in [3.05, 3.63) is 28.8 Å². The van der Waals surface area contributed by atoms with Gasteiger partial charge in [0.1, 0.15) is 5.75 Å². The third-order valence-electron chi connectivity index (χ3n) is 3.33. The number of aryl methyl sites for hydroxylation is 1. The summed E-state index contributed by atoms with van der Waals surface area (Å²) in [5.74, 6) is 0.328. The molecule has 0 aliphatic heterocycles. The fraction of sp³-hybridized carbons (Fsp3) is 0.538. The molecule has 0 radical (unpaired) electrons. The Hall–Kier alpha value is -1.02. The lowest BCUT2D eigenvalue weighted by molar-refractivity contribution is 0.214. The number of hydrogen-bond acceptors (Lipinski definition) is 2. The molecule has 2 N–H and O–H groups in total. The van der Waals surface area contributed by atoms with Crippen LogP contribution >= 0.6 is 0 Å². The molecule has 1 aromatic rings. The molecule has 0 fully saturated rings. The minimum Gasteiger partial charge on any atom is -0.508 e. The van der Waals surface area contributed by atoms with E-state index in [0.717, 1.165) is 24.8 Å². The molecule has 0 spiro atoms. The van der Waals surface area contributed by atoms with Crippen LogP contribution in [0, 0.1) is 0 Å². The number of aliphatic hydroxyl groups excluding tert-OH is 1. The van der Waals surface area contributed by atoms with Gasteiger partial charge in [-0.2, -0.15) is 0 Å². The zero-order valence-electron chi connectivity index (χ0n) is 9.38. The van der Waals surface area contributed by atoms with Crippen LogP contribution in [0.15, 0.2) is 12.1 Å². The standard InChI is InChI=1S/C13H18O2/c1-13(2,8-14)12-10-5-3-4-9(10)6-7-11(12)15/h6-7,14-15H,3-5,8H2,1-2H3. The van der Waals surface area contributed by atoms with Gasteiger partial charge in [0.15, 0.2) is 0 Å². The number of benzene rings is 1. The maximum Gasteiger partial charge on any atom is 0.119 e. The zero-order chi connectivity index (χ0) is 11.1. The summed E-state index contributed by atoms with van der Waals surface area (Å²) in [5.41, 5.74) is 3.19. The summed E-state index contributed by atoms with van der Waals surface area (Å²) in [6.45, 7) is 4.01. The Morgan fingerprint density at radius 3 is 2.67 bits per heavy atom. The van der Waals surface area contributed by atoms with Crippen LogP contribution in [0.3, 0.4) is 0 Å². The van der Waals surface area contributed by atoms with Gasteiger partial charge in [-0.15, -0.1) is 0 Å². The SMILES string of the molecule is CC(C)(CO)c1c(O)ccc2c1CCC2. The average molecular weight is 206 g/mol. The van der Waals surface area contributed by atoms with Crippen LogP contribution in [0.2, 0.25) is 0 Å². The van der Waals surface area contributed by atoms with E-state index in [9.17, 15) is 10.2 Å². The number of hydrogen-bond donors (Lipinski definition) is 2. The van der Waals surface area contributed by atoms with Crippen LogP contribution in [0.25, 0.3) is 0 Å². The highest BCUT2D eigenvalue weighted by Gasteiger charge is 2.29. The molecule has 2 nitrogen and oxygen atoms in total. The molecule has 2 heteroatoms. The van der Waals surface area contributed by atoms with E-state index in [2.05, 4.69) is 0 Å². The second-order valence-corrected chi connectivity index (χ2v) is 4.99.